The highest BCUT2D eigenvalue weighted by atomic mass is 35.5. The second kappa shape index (κ2) is 4.70. The topological polar surface area (TPSA) is 43.9 Å². The molecule has 0 aliphatic carbocycles. The highest BCUT2D eigenvalue weighted by Gasteiger charge is 2.16. The van der Waals surface area contributed by atoms with Crippen molar-refractivity contribution in [2.24, 2.45) is 0 Å². The summed E-state index contributed by atoms with van der Waals surface area (Å²) in [6, 6.07) is 8.04. The quantitative estimate of drug-likeness (QED) is 0.685. The first-order chi connectivity index (χ1) is 9.15. The highest BCUT2D eigenvalue weighted by Crippen LogP contribution is 2.26. The molecule has 1 unspecified atom stereocenters. The number of rotatable bonds is 3. The van der Waals surface area contributed by atoms with E-state index in [1.165, 1.54) is 5.56 Å². The van der Waals surface area contributed by atoms with Crippen LogP contribution in [0.5, 0.6) is 0 Å². The van der Waals surface area contributed by atoms with Crippen LogP contribution in [0.1, 0.15) is 29.4 Å². The van der Waals surface area contributed by atoms with E-state index in [0.29, 0.717) is 6.54 Å². The van der Waals surface area contributed by atoms with Crippen molar-refractivity contribution >= 4 is 22.6 Å². The van der Waals surface area contributed by atoms with Gasteiger partial charge in [-0.3, -0.25) is 0 Å². The maximum Gasteiger partial charge on any atom is 0.128 e. The molecule has 0 saturated heterocycles. The number of nitrogens with zero attached hydrogens (tertiary/aromatic N) is 3. The molecule has 0 spiro atoms. The predicted molar refractivity (Wildman–Crippen MR) is 74.3 cm³/mol. The van der Waals surface area contributed by atoms with Gasteiger partial charge in [-0.2, -0.15) is 0 Å². The minimum absolute atomic E-state index is 0.153. The second-order valence-corrected chi connectivity index (χ2v) is 5.31. The molecule has 0 N–H and O–H groups in total. The number of imidazole rings is 1. The fourth-order valence-corrected chi connectivity index (χ4v) is 2.37. The lowest BCUT2D eigenvalue weighted by Crippen LogP contribution is -2.06. The summed E-state index contributed by atoms with van der Waals surface area (Å²) in [5.41, 5.74) is 4.09. The normalized spacial score (nSPS) is 13.0. The lowest BCUT2D eigenvalue weighted by Gasteiger charge is -2.08. The fourth-order valence-electron chi connectivity index (χ4n) is 2.20. The van der Waals surface area contributed by atoms with Gasteiger partial charge in [-0.1, -0.05) is 11.2 Å². The third-order valence-electron chi connectivity index (χ3n) is 3.10. The van der Waals surface area contributed by atoms with Gasteiger partial charge in [-0.05, 0) is 31.5 Å². The van der Waals surface area contributed by atoms with Crippen LogP contribution < -0.4 is 0 Å². The summed E-state index contributed by atoms with van der Waals surface area (Å²) >= 11 is 6.23. The van der Waals surface area contributed by atoms with Crippen molar-refractivity contribution in [2.75, 3.05) is 0 Å². The largest absolute Gasteiger partial charge is 0.364 e. The molecular weight excluding hydrogens is 262 g/mol. The molecule has 0 radical (unpaired) electrons. The standard InChI is InChI=1S/C14H14ClN3O/c1-9-3-4-12-13(7-9)18(14(16-12)10(2)15)8-11-5-6-19-17-11/h3-7,10H,8H2,1-2H3. The van der Waals surface area contributed by atoms with Crippen LogP contribution in [-0.4, -0.2) is 14.7 Å². The van der Waals surface area contributed by atoms with Gasteiger partial charge in [0.25, 0.3) is 0 Å². The summed E-state index contributed by atoms with van der Waals surface area (Å²) in [5, 5.41) is 3.80. The van der Waals surface area contributed by atoms with Crippen LogP contribution in [0, 0.1) is 6.92 Å². The van der Waals surface area contributed by atoms with Crippen LogP contribution in [0.4, 0.5) is 0 Å². The van der Waals surface area contributed by atoms with E-state index in [4.69, 9.17) is 16.1 Å². The number of hydrogen-bond donors (Lipinski definition) is 0. The third kappa shape index (κ3) is 2.24. The van der Waals surface area contributed by atoms with Crippen LogP contribution >= 0.6 is 11.6 Å². The molecule has 5 heteroatoms. The zero-order chi connectivity index (χ0) is 13.4. The molecule has 0 aliphatic heterocycles. The molecule has 2 aromatic heterocycles. The molecular formula is C14H14ClN3O. The molecule has 19 heavy (non-hydrogen) atoms. The number of fused-ring (bicyclic) bond motifs is 1. The summed E-state index contributed by atoms with van der Waals surface area (Å²) in [6.07, 6.45) is 1.57. The smallest absolute Gasteiger partial charge is 0.128 e. The monoisotopic (exact) mass is 275 g/mol. The molecule has 4 nitrogen and oxygen atoms in total. The number of alkyl halides is 1. The Hall–Kier alpha value is -1.81. The first-order valence-electron chi connectivity index (χ1n) is 6.15. The molecule has 0 saturated carbocycles. The third-order valence-corrected chi connectivity index (χ3v) is 3.30. The number of hydrogen-bond acceptors (Lipinski definition) is 3. The Bertz CT molecular complexity index is 701. The van der Waals surface area contributed by atoms with Crippen molar-refractivity contribution in [1.29, 1.82) is 0 Å². The first kappa shape index (κ1) is 12.2. The predicted octanol–water partition coefficient (Wildman–Crippen LogP) is 3.68. The van der Waals surface area contributed by atoms with E-state index in [-0.39, 0.29) is 5.38 Å². The van der Waals surface area contributed by atoms with Crippen molar-refractivity contribution < 1.29 is 4.52 Å². The van der Waals surface area contributed by atoms with Gasteiger partial charge in [0.15, 0.2) is 0 Å². The summed E-state index contributed by atoms with van der Waals surface area (Å²) in [4.78, 5) is 4.61. The minimum atomic E-state index is -0.153. The Morgan fingerprint density at radius 3 is 2.89 bits per heavy atom. The number of aromatic nitrogens is 3. The van der Waals surface area contributed by atoms with Crippen molar-refractivity contribution in [3.05, 3.63) is 47.6 Å². The molecule has 0 aliphatic rings. The Kier molecular flexibility index (Phi) is 3.03. The Morgan fingerprint density at radius 2 is 2.21 bits per heavy atom. The lowest BCUT2D eigenvalue weighted by atomic mass is 10.2. The second-order valence-electron chi connectivity index (χ2n) is 4.66. The van der Waals surface area contributed by atoms with E-state index in [1.54, 1.807) is 6.26 Å². The van der Waals surface area contributed by atoms with Crippen LogP contribution in [0.3, 0.4) is 0 Å². The SMILES string of the molecule is Cc1ccc2nc(C(C)Cl)n(Cc3ccon3)c2c1. The number of halogens is 1. The van der Waals surface area contributed by atoms with E-state index < -0.39 is 0 Å². The average molecular weight is 276 g/mol. The van der Waals surface area contributed by atoms with Crippen LogP contribution in [0.15, 0.2) is 35.1 Å². The summed E-state index contributed by atoms with van der Waals surface area (Å²) in [5.74, 6) is 0.852. The zero-order valence-corrected chi connectivity index (χ0v) is 11.6. The maximum absolute atomic E-state index is 6.23. The Labute approximate surface area is 116 Å². The van der Waals surface area contributed by atoms with Gasteiger partial charge in [-0.25, -0.2) is 4.98 Å². The van der Waals surface area contributed by atoms with Gasteiger partial charge in [0.2, 0.25) is 0 Å². The van der Waals surface area contributed by atoms with Gasteiger partial charge in [0.1, 0.15) is 17.8 Å². The average Bonchev–Trinajstić information content (AvgIpc) is 2.98. The van der Waals surface area contributed by atoms with Crippen LogP contribution in [0.25, 0.3) is 11.0 Å². The maximum atomic E-state index is 6.23. The van der Waals surface area contributed by atoms with E-state index in [2.05, 4.69) is 33.8 Å². The highest BCUT2D eigenvalue weighted by molar-refractivity contribution is 6.20. The number of aryl methyl sites for hydroxylation is 1. The molecule has 98 valence electrons. The van der Waals surface area contributed by atoms with Crippen molar-refractivity contribution in [1.82, 2.24) is 14.7 Å². The van der Waals surface area contributed by atoms with Gasteiger partial charge < -0.3 is 9.09 Å². The number of benzene rings is 1. The van der Waals surface area contributed by atoms with Gasteiger partial charge in [0, 0.05) is 6.07 Å². The molecule has 1 atom stereocenters. The summed E-state index contributed by atoms with van der Waals surface area (Å²) < 4.78 is 6.98. The molecule has 3 aromatic rings. The van der Waals surface area contributed by atoms with Crippen molar-refractivity contribution in [3.63, 3.8) is 0 Å². The van der Waals surface area contributed by atoms with E-state index in [0.717, 1.165) is 22.6 Å². The van der Waals surface area contributed by atoms with Gasteiger partial charge in [0.05, 0.1) is 23.0 Å². The van der Waals surface area contributed by atoms with Crippen molar-refractivity contribution in [2.45, 2.75) is 25.8 Å². The molecule has 2 heterocycles. The first-order valence-corrected chi connectivity index (χ1v) is 6.59. The summed E-state index contributed by atoms with van der Waals surface area (Å²) in [6.45, 7) is 4.61. The van der Waals surface area contributed by atoms with Gasteiger partial charge in [-0.15, -0.1) is 11.6 Å². The fraction of sp³-hybridized carbons (Fsp3) is 0.286. The Morgan fingerprint density at radius 1 is 1.37 bits per heavy atom. The van der Waals surface area contributed by atoms with E-state index in [9.17, 15) is 0 Å². The minimum Gasteiger partial charge on any atom is -0.364 e. The molecule has 1 aromatic carbocycles. The summed E-state index contributed by atoms with van der Waals surface area (Å²) in [7, 11) is 0. The lowest BCUT2D eigenvalue weighted by molar-refractivity contribution is 0.409. The molecule has 3 rings (SSSR count). The van der Waals surface area contributed by atoms with Crippen LogP contribution in [0.2, 0.25) is 0 Å². The zero-order valence-electron chi connectivity index (χ0n) is 10.8. The Balaban J connectivity index is 2.18. The van der Waals surface area contributed by atoms with Gasteiger partial charge >= 0.3 is 0 Å². The molecule has 0 amide bonds. The molecule has 0 bridgehead atoms. The van der Waals surface area contributed by atoms with E-state index >= 15 is 0 Å². The van der Waals surface area contributed by atoms with Crippen LogP contribution in [-0.2, 0) is 6.54 Å². The molecule has 0 fully saturated rings. The van der Waals surface area contributed by atoms with Crippen molar-refractivity contribution in [3.8, 4) is 0 Å². The van der Waals surface area contributed by atoms with E-state index in [1.807, 2.05) is 19.1 Å².